The van der Waals surface area contributed by atoms with Crippen LogP contribution in [0.4, 0.5) is 0 Å². The molecule has 0 aromatic heterocycles. The Balaban J connectivity index is 2.04. The van der Waals surface area contributed by atoms with E-state index in [1.807, 2.05) is 49.4 Å². The van der Waals surface area contributed by atoms with Crippen LogP contribution in [0.3, 0.4) is 0 Å². The van der Waals surface area contributed by atoms with Gasteiger partial charge >= 0.3 is 0 Å². The number of halogens is 1. The van der Waals surface area contributed by atoms with Crippen molar-refractivity contribution >= 4 is 17.5 Å². The molecule has 5 nitrogen and oxygen atoms in total. The maximum atomic E-state index is 11.4. The van der Waals surface area contributed by atoms with E-state index < -0.39 is 0 Å². The lowest BCUT2D eigenvalue weighted by Crippen LogP contribution is -2.21. The van der Waals surface area contributed by atoms with Gasteiger partial charge in [0.1, 0.15) is 13.0 Å². The third kappa shape index (κ3) is 6.02. The number of hydrogen-bond donors (Lipinski definition) is 1. The van der Waals surface area contributed by atoms with Gasteiger partial charge in [-0.05, 0) is 42.3 Å². The minimum Gasteiger partial charge on any atom is -0.490 e. The van der Waals surface area contributed by atoms with Crippen molar-refractivity contribution in [3.63, 3.8) is 0 Å². The highest BCUT2D eigenvalue weighted by Crippen LogP contribution is 2.29. The van der Waals surface area contributed by atoms with Gasteiger partial charge in [-0.1, -0.05) is 29.8 Å². The van der Waals surface area contributed by atoms with Crippen LogP contribution in [0.15, 0.2) is 42.5 Å². The highest BCUT2D eigenvalue weighted by atomic mass is 35.5. The second-order valence-electron chi connectivity index (χ2n) is 5.24. The summed E-state index contributed by atoms with van der Waals surface area (Å²) in [4.78, 5) is 11.4. The van der Waals surface area contributed by atoms with Crippen molar-refractivity contribution in [1.82, 2.24) is 5.32 Å². The lowest BCUT2D eigenvalue weighted by atomic mass is 10.2. The van der Waals surface area contributed by atoms with Crippen LogP contribution in [0.2, 0.25) is 5.02 Å². The summed E-state index contributed by atoms with van der Waals surface area (Å²) < 4.78 is 11.5. The molecule has 2 aromatic carbocycles. The highest BCUT2D eigenvalue weighted by Gasteiger charge is 2.08. The van der Waals surface area contributed by atoms with E-state index in [0.717, 1.165) is 11.1 Å². The normalized spacial score (nSPS) is 9.96. The Morgan fingerprint density at radius 1 is 1.16 bits per heavy atom. The first-order valence-corrected chi connectivity index (χ1v) is 8.26. The first kappa shape index (κ1) is 18.6. The fourth-order valence-corrected chi connectivity index (χ4v) is 2.39. The molecule has 0 heterocycles. The summed E-state index contributed by atoms with van der Waals surface area (Å²) in [5, 5.41) is 11.8. The van der Waals surface area contributed by atoms with Gasteiger partial charge in [0.2, 0.25) is 5.91 Å². The summed E-state index contributed by atoms with van der Waals surface area (Å²) in [6, 6.07) is 14.8. The van der Waals surface area contributed by atoms with Gasteiger partial charge in [0.05, 0.1) is 12.7 Å². The number of nitrogens with one attached hydrogen (secondary N) is 1. The van der Waals surface area contributed by atoms with Crippen LogP contribution >= 0.6 is 11.6 Å². The average Bonchev–Trinajstić information content (AvgIpc) is 2.60. The van der Waals surface area contributed by atoms with Gasteiger partial charge in [-0.3, -0.25) is 4.79 Å². The van der Waals surface area contributed by atoms with Gasteiger partial charge in [-0.2, -0.15) is 5.26 Å². The molecule has 0 unspecified atom stereocenters. The van der Waals surface area contributed by atoms with Crippen LogP contribution in [0.5, 0.6) is 11.5 Å². The molecule has 0 aliphatic carbocycles. The number of amides is 1. The molecule has 0 spiro atoms. The number of nitriles is 1. The molecular formula is C19H19ClN2O3. The second kappa shape index (κ2) is 9.55. The van der Waals surface area contributed by atoms with Gasteiger partial charge < -0.3 is 14.8 Å². The smallest absolute Gasteiger partial charge is 0.234 e. The molecular weight excluding hydrogens is 340 g/mol. The number of nitrogens with zero attached hydrogens (tertiary/aromatic N) is 1. The maximum Gasteiger partial charge on any atom is 0.234 e. The minimum absolute atomic E-state index is 0.154. The van der Waals surface area contributed by atoms with Crippen LogP contribution in [0.25, 0.3) is 0 Å². The molecule has 2 aromatic rings. The summed E-state index contributed by atoms with van der Waals surface area (Å²) >= 11 is 5.98. The number of carbonyl (C=O) groups excluding carboxylic acids is 1. The molecule has 0 atom stereocenters. The molecule has 25 heavy (non-hydrogen) atoms. The van der Waals surface area contributed by atoms with Crippen molar-refractivity contribution in [3.8, 4) is 17.6 Å². The molecule has 1 amide bonds. The van der Waals surface area contributed by atoms with E-state index in [1.54, 1.807) is 6.07 Å². The average molecular weight is 359 g/mol. The largest absolute Gasteiger partial charge is 0.490 e. The SMILES string of the molecule is CCOc1cc(CNC(=O)CC#N)ccc1OCc1cccc(Cl)c1. The topological polar surface area (TPSA) is 71.3 Å². The number of rotatable bonds is 8. The van der Waals surface area contributed by atoms with E-state index in [2.05, 4.69) is 5.32 Å². The van der Waals surface area contributed by atoms with Crippen molar-refractivity contribution in [3.05, 3.63) is 58.6 Å². The Morgan fingerprint density at radius 2 is 2.00 bits per heavy atom. The lowest BCUT2D eigenvalue weighted by molar-refractivity contribution is -0.120. The number of hydrogen-bond acceptors (Lipinski definition) is 4. The van der Waals surface area contributed by atoms with Crippen LogP contribution in [-0.4, -0.2) is 12.5 Å². The molecule has 1 N–H and O–H groups in total. The predicted molar refractivity (Wildman–Crippen MR) is 95.5 cm³/mol. The fourth-order valence-electron chi connectivity index (χ4n) is 2.17. The molecule has 0 saturated heterocycles. The summed E-state index contributed by atoms with van der Waals surface area (Å²) in [5.74, 6) is 0.923. The molecule has 0 saturated carbocycles. The molecule has 0 radical (unpaired) electrons. The standard InChI is InChI=1S/C19H19ClN2O3/c1-2-24-18-11-14(12-22-19(23)8-9-21)6-7-17(18)25-13-15-4-3-5-16(20)10-15/h3-7,10-11H,2,8,12-13H2,1H3,(H,22,23). The summed E-state index contributed by atoms with van der Waals surface area (Å²) in [6.45, 7) is 3.09. The van der Waals surface area contributed by atoms with Gasteiger partial charge in [0.25, 0.3) is 0 Å². The summed E-state index contributed by atoms with van der Waals surface area (Å²) in [5.41, 5.74) is 1.83. The number of carbonyl (C=O) groups is 1. The van der Waals surface area contributed by atoms with E-state index in [4.69, 9.17) is 26.3 Å². The van der Waals surface area contributed by atoms with Gasteiger partial charge in [-0.15, -0.1) is 0 Å². The summed E-state index contributed by atoms with van der Waals surface area (Å²) in [7, 11) is 0. The molecule has 0 fully saturated rings. The van der Waals surface area contributed by atoms with Crippen LogP contribution in [0.1, 0.15) is 24.5 Å². The van der Waals surface area contributed by atoms with Gasteiger partial charge in [0.15, 0.2) is 11.5 Å². The Morgan fingerprint density at radius 3 is 2.72 bits per heavy atom. The lowest BCUT2D eigenvalue weighted by Gasteiger charge is -2.14. The number of benzene rings is 2. The zero-order valence-electron chi connectivity index (χ0n) is 13.9. The van der Waals surface area contributed by atoms with E-state index in [1.165, 1.54) is 0 Å². The second-order valence-corrected chi connectivity index (χ2v) is 5.68. The molecule has 0 aliphatic rings. The Labute approximate surface area is 152 Å². The van der Waals surface area contributed by atoms with Crippen LogP contribution in [0, 0.1) is 11.3 Å². The minimum atomic E-state index is -0.304. The number of ether oxygens (including phenoxy) is 2. The third-order valence-corrected chi connectivity index (χ3v) is 3.56. The van der Waals surface area contributed by atoms with Crippen LogP contribution < -0.4 is 14.8 Å². The van der Waals surface area contributed by atoms with Gasteiger partial charge in [-0.25, -0.2) is 0 Å². The molecule has 130 valence electrons. The van der Waals surface area contributed by atoms with E-state index in [0.29, 0.717) is 36.3 Å². The van der Waals surface area contributed by atoms with Crippen molar-refractivity contribution in [1.29, 1.82) is 5.26 Å². The molecule has 0 aliphatic heterocycles. The van der Waals surface area contributed by atoms with Crippen molar-refractivity contribution in [2.45, 2.75) is 26.5 Å². The maximum absolute atomic E-state index is 11.4. The Hall–Kier alpha value is -2.71. The zero-order chi connectivity index (χ0) is 18.1. The zero-order valence-corrected chi connectivity index (χ0v) is 14.7. The highest BCUT2D eigenvalue weighted by molar-refractivity contribution is 6.30. The molecule has 0 bridgehead atoms. The van der Waals surface area contributed by atoms with Crippen molar-refractivity contribution in [2.75, 3.05) is 6.61 Å². The van der Waals surface area contributed by atoms with Crippen molar-refractivity contribution in [2.24, 2.45) is 0 Å². The quantitative estimate of drug-likeness (QED) is 0.778. The van der Waals surface area contributed by atoms with Gasteiger partial charge in [0, 0.05) is 11.6 Å². The van der Waals surface area contributed by atoms with Crippen molar-refractivity contribution < 1.29 is 14.3 Å². The first-order chi connectivity index (χ1) is 12.1. The Kier molecular flexibility index (Phi) is 7.12. The Bertz CT molecular complexity index is 772. The first-order valence-electron chi connectivity index (χ1n) is 7.89. The van der Waals surface area contributed by atoms with Crippen LogP contribution in [-0.2, 0) is 17.9 Å². The monoisotopic (exact) mass is 358 g/mol. The molecule has 6 heteroatoms. The van der Waals surface area contributed by atoms with E-state index in [-0.39, 0.29) is 12.3 Å². The third-order valence-electron chi connectivity index (χ3n) is 3.32. The van der Waals surface area contributed by atoms with E-state index in [9.17, 15) is 4.79 Å². The fraction of sp³-hybridized carbons (Fsp3) is 0.263. The van der Waals surface area contributed by atoms with E-state index >= 15 is 0 Å². The molecule has 2 rings (SSSR count). The summed E-state index contributed by atoms with van der Waals surface area (Å²) in [6.07, 6.45) is -0.154. The predicted octanol–water partition coefficient (Wildman–Crippen LogP) is 3.85.